The third-order valence-corrected chi connectivity index (χ3v) is 2.89. The highest BCUT2D eigenvalue weighted by atomic mass is 16.4. The first-order chi connectivity index (χ1) is 9.90. The molecule has 3 N–H and O–H groups in total. The zero-order chi connectivity index (χ0) is 15.8. The van der Waals surface area contributed by atoms with Crippen molar-refractivity contribution in [3.8, 4) is 0 Å². The average molecular weight is 292 g/mol. The maximum atomic E-state index is 11.7. The molecule has 0 aromatic heterocycles. The van der Waals surface area contributed by atoms with E-state index in [0.29, 0.717) is 5.69 Å². The van der Waals surface area contributed by atoms with Crippen LogP contribution < -0.4 is 10.6 Å². The molecule has 0 heterocycles. The third kappa shape index (κ3) is 6.07. The second-order valence-corrected chi connectivity index (χ2v) is 5.04. The Labute approximate surface area is 123 Å². The van der Waals surface area contributed by atoms with Gasteiger partial charge >= 0.3 is 5.97 Å². The molecule has 0 radical (unpaired) electrons. The molecule has 21 heavy (non-hydrogen) atoms. The Hall–Kier alpha value is -2.37. The summed E-state index contributed by atoms with van der Waals surface area (Å²) in [5.74, 6) is -2.02. The van der Waals surface area contributed by atoms with Crippen molar-refractivity contribution in [3.63, 3.8) is 0 Å². The lowest BCUT2D eigenvalue weighted by molar-refractivity contribution is -0.143. The number of anilines is 1. The summed E-state index contributed by atoms with van der Waals surface area (Å²) in [5, 5.41) is 14.0. The normalized spacial score (nSPS) is 11.8. The maximum Gasteiger partial charge on any atom is 0.326 e. The number of carboxylic acids is 1. The van der Waals surface area contributed by atoms with Gasteiger partial charge in [-0.25, -0.2) is 4.79 Å². The Bertz CT molecular complexity index is 500. The lowest BCUT2D eigenvalue weighted by atomic mass is 10.0. The smallest absolute Gasteiger partial charge is 0.326 e. The quantitative estimate of drug-likeness (QED) is 0.711. The number of nitrogens with one attached hydrogen (secondary N) is 2. The van der Waals surface area contributed by atoms with E-state index < -0.39 is 17.9 Å². The number of carbonyl (C=O) groups excluding carboxylic acids is 2. The van der Waals surface area contributed by atoms with Crippen molar-refractivity contribution in [3.05, 3.63) is 30.3 Å². The van der Waals surface area contributed by atoms with Crippen LogP contribution in [0.5, 0.6) is 0 Å². The zero-order valence-electron chi connectivity index (χ0n) is 12.1. The molecule has 0 saturated heterocycles. The number of hydrogen-bond acceptors (Lipinski definition) is 3. The van der Waals surface area contributed by atoms with Crippen molar-refractivity contribution in [1.82, 2.24) is 5.32 Å². The second kappa shape index (κ2) is 8.04. The van der Waals surface area contributed by atoms with Gasteiger partial charge in [0, 0.05) is 18.5 Å². The van der Waals surface area contributed by atoms with Gasteiger partial charge in [0.2, 0.25) is 11.8 Å². The van der Waals surface area contributed by atoms with Crippen LogP contribution in [-0.2, 0) is 14.4 Å². The Morgan fingerprint density at radius 1 is 1.05 bits per heavy atom. The number of para-hydroxylation sites is 1. The van der Waals surface area contributed by atoms with Crippen LogP contribution in [0.2, 0.25) is 0 Å². The number of rotatable bonds is 7. The van der Waals surface area contributed by atoms with Gasteiger partial charge in [0.15, 0.2) is 0 Å². The van der Waals surface area contributed by atoms with E-state index in [-0.39, 0.29) is 24.7 Å². The lowest BCUT2D eigenvalue weighted by Gasteiger charge is -2.17. The Balaban J connectivity index is 2.39. The standard InChI is InChI=1S/C15H20N2O4/c1-10(2)14(15(20)21)17-13(19)9-8-12(18)16-11-6-4-3-5-7-11/h3-7,10,14H,8-9H2,1-2H3,(H,16,18)(H,17,19)(H,20,21). The Kier molecular flexibility index (Phi) is 6.39. The van der Waals surface area contributed by atoms with Crippen LogP contribution in [0.4, 0.5) is 5.69 Å². The number of carboxylic acid groups (broad SMARTS) is 1. The summed E-state index contributed by atoms with van der Waals surface area (Å²) in [6, 6.07) is 7.98. The van der Waals surface area contributed by atoms with E-state index in [4.69, 9.17) is 5.11 Å². The average Bonchev–Trinajstić information content (AvgIpc) is 2.43. The molecule has 6 nitrogen and oxygen atoms in total. The van der Waals surface area contributed by atoms with Gasteiger partial charge in [0.05, 0.1) is 0 Å². The fourth-order valence-corrected chi connectivity index (χ4v) is 1.73. The number of aliphatic carboxylic acids is 1. The molecule has 0 aliphatic heterocycles. The number of carbonyl (C=O) groups is 3. The first-order valence-electron chi connectivity index (χ1n) is 6.77. The second-order valence-electron chi connectivity index (χ2n) is 5.04. The first-order valence-corrected chi connectivity index (χ1v) is 6.77. The van der Waals surface area contributed by atoms with E-state index in [0.717, 1.165) is 0 Å². The molecule has 0 aliphatic carbocycles. The van der Waals surface area contributed by atoms with E-state index in [1.807, 2.05) is 6.07 Å². The van der Waals surface area contributed by atoms with Crippen molar-refractivity contribution >= 4 is 23.5 Å². The van der Waals surface area contributed by atoms with Gasteiger partial charge in [-0.05, 0) is 18.1 Å². The SMILES string of the molecule is CC(C)C(NC(=O)CCC(=O)Nc1ccccc1)C(=O)O. The fraction of sp³-hybridized carbons (Fsp3) is 0.400. The summed E-state index contributed by atoms with van der Waals surface area (Å²) < 4.78 is 0. The van der Waals surface area contributed by atoms with Crippen molar-refractivity contribution in [1.29, 1.82) is 0 Å². The van der Waals surface area contributed by atoms with Crippen LogP contribution in [0.1, 0.15) is 26.7 Å². The molecule has 0 fully saturated rings. The molecule has 1 rings (SSSR count). The molecular formula is C15H20N2O4. The van der Waals surface area contributed by atoms with Crippen LogP contribution in [0.15, 0.2) is 30.3 Å². The van der Waals surface area contributed by atoms with Gasteiger partial charge in [-0.3, -0.25) is 9.59 Å². The molecule has 0 spiro atoms. The summed E-state index contributed by atoms with van der Waals surface area (Å²) in [7, 11) is 0. The minimum Gasteiger partial charge on any atom is -0.480 e. The molecule has 114 valence electrons. The molecular weight excluding hydrogens is 272 g/mol. The summed E-state index contributed by atoms with van der Waals surface area (Å²) in [4.78, 5) is 34.3. The molecule has 0 aliphatic rings. The number of amides is 2. The van der Waals surface area contributed by atoms with Gasteiger partial charge in [-0.15, -0.1) is 0 Å². The third-order valence-electron chi connectivity index (χ3n) is 2.89. The molecule has 1 unspecified atom stereocenters. The van der Waals surface area contributed by atoms with Crippen LogP contribution in [0.3, 0.4) is 0 Å². The maximum absolute atomic E-state index is 11.7. The van der Waals surface area contributed by atoms with Gasteiger partial charge in [-0.2, -0.15) is 0 Å². The lowest BCUT2D eigenvalue weighted by Crippen LogP contribution is -2.44. The highest BCUT2D eigenvalue weighted by Gasteiger charge is 2.23. The molecule has 1 aromatic rings. The predicted molar refractivity (Wildman–Crippen MR) is 78.7 cm³/mol. The summed E-state index contributed by atoms with van der Waals surface area (Å²) >= 11 is 0. The summed E-state index contributed by atoms with van der Waals surface area (Å²) in [5.41, 5.74) is 0.661. The fourth-order valence-electron chi connectivity index (χ4n) is 1.73. The van der Waals surface area contributed by atoms with E-state index in [9.17, 15) is 14.4 Å². The molecule has 0 bridgehead atoms. The largest absolute Gasteiger partial charge is 0.480 e. The number of hydrogen-bond donors (Lipinski definition) is 3. The van der Waals surface area contributed by atoms with E-state index in [1.165, 1.54) is 0 Å². The van der Waals surface area contributed by atoms with Crippen LogP contribution in [0, 0.1) is 5.92 Å². The minimum absolute atomic E-state index is 0.00512. The molecule has 0 saturated carbocycles. The van der Waals surface area contributed by atoms with Gasteiger partial charge < -0.3 is 15.7 Å². The molecule has 6 heteroatoms. The predicted octanol–water partition coefficient (Wildman–Crippen LogP) is 1.63. The van der Waals surface area contributed by atoms with Gasteiger partial charge in [0.25, 0.3) is 0 Å². The molecule has 1 atom stereocenters. The van der Waals surface area contributed by atoms with E-state index >= 15 is 0 Å². The van der Waals surface area contributed by atoms with E-state index in [1.54, 1.807) is 38.1 Å². The summed E-state index contributed by atoms with van der Waals surface area (Å²) in [6.07, 6.45) is -0.0413. The van der Waals surface area contributed by atoms with Crippen molar-refractivity contribution in [2.75, 3.05) is 5.32 Å². The van der Waals surface area contributed by atoms with Crippen LogP contribution in [0.25, 0.3) is 0 Å². The first kappa shape index (κ1) is 16.7. The van der Waals surface area contributed by atoms with Gasteiger partial charge in [-0.1, -0.05) is 32.0 Å². The molecule has 2 amide bonds. The van der Waals surface area contributed by atoms with Crippen LogP contribution >= 0.6 is 0 Å². The van der Waals surface area contributed by atoms with Gasteiger partial charge in [0.1, 0.15) is 6.04 Å². The highest BCUT2D eigenvalue weighted by Crippen LogP contribution is 2.07. The number of benzene rings is 1. The van der Waals surface area contributed by atoms with Crippen molar-refractivity contribution in [2.45, 2.75) is 32.7 Å². The van der Waals surface area contributed by atoms with E-state index in [2.05, 4.69) is 10.6 Å². The van der Waals surface area contributed by atoms with Crippen molar-refractivity contribution < 1.29 is 19.5 Å². The summed E-state index contributed by atoms with van der Waals surface area (Å²) in [6.45, 7) is 3.42. The Morgan fingerprint density at radius 2 is 1.62 bits per heavy atom. The zero-order valence-corrected chi connectivity index (χ0v) is 12.1. The topological polar surface area (TPSA) is 95.5 Å². The van der Waals surface area contributed by atoms with Crippen molar-refractivity contribution in [2.24, 2.45) is 5.92 Å². The Morgan fingerprint density at radius 3 is 2.14 bits per heavy atom. The monoisotopic (exact) mass is 292 g/mol. The molecule has 1 aromatic carbocycles. The minimum atomic E-state index is -1.08. The van der Waals surface area contributed by atoms with Crippen LogP contribution in [-0.4, -0.2) is 28.9 Å². The highest BCUT2D eigenvalue weighted by molar-refractivity contribution is 5.93.